The molecule has 7 heteroatoms. The van der Waals surface area contributed by atoms with Gasteiger partial charge in [-0.1, -0.05) is 36.4 Å². The van der Waals surface area contributed by atoms with Gasteiger partial charge in [0, 0.05) is 20.6 Å². The molecule has 134 valence electrons. The first-order chi connectivity index (χ1) is 11.8. The Bertz CT molecular complexity index is 847. The first-order valence-electron chi connectivity index (χ1n) is 7.89. The minimum Gasteiger partial charge on any atom is -0.352 e. The number of sulfonamides is 1. The molecule has 2 aromatic rings. The summed E-state index contributed by atoms with van der Waals surface area (Å²) < 4.78 is 22.8. The molecule has 0 atom stereocenters. The Kier molecular flexibility index (Phi) is 6.17. The van der Waals surface area contributed by atoms with Crippen LogP contribution in [-0.2, 0) is 23.1 Å². The monoisotopic (exact) mass is 360 g/mol. The molecule has 2 rings (SSSR count). The minimum atomic E-state index is -3.68. The van der Waals surface area contributed by atoms with Crippen LogP contribution in [0.5, 0.6) is 0 Å². The van der Waals surface area contributed by atoms with E-state index >= 15 is 0 Å². The van der Waals surface area contributed by atoms with Gasteiger partial charge in [0.1, 0.15) is 0 Å². The summed E-state index contributed by atoms with van der Waals surface area (Å²) in [5.74, 6) is 0.763. The summed E-state index contributed by atoms with van der Waals surface area (Å²) >= 11 is 0. The predicted octanol–water partition coefficient (Wildman–Crippen LogP) is 1.85. The number of guanidine groups is 1. The first kappa shape index (κ1) is 19.0. The van der Waals surface area contributed by atoms with Gasteiger partial charge in [-0.3, -0.25) is 0 Å². The molecule has 2 aromatic carbocycles. The van der Waals surface area contributed by atoms with Crippen molar-refractivity contribution in [1.82, 2.24) is 10.2 Å². The van der Waals surface area contributed by atoms with Crippen molar-refractivity contribution in [2.75, 3.05) is 14.1 Å². The van der Waals surface area contributed by atoms with E-state index < -0.39 is 10.0 Å². The van der Waals surface area contributed by atoms with Gasteiger partial charge in [0.15, 0.2) is 5.96 Å². The van der Waals surface area contributed by atoms with Crippen molar-refractivity contribution in [3.8, 4) is 0 Å². The Hall–Kier alpha value is -2.38. The average Bonchev–Trinajstić information content (AvgIpc) is 2.55. The average molecular weight is 360 g/mol. The number of nitrogens with two attached hydrogens (primary N) is 1. The van der Waals surface area contributed by atoms with Crippen molar-refractivity contribution in [1.29, 1.82) is 0 Å². The summed E-state index contributed by atoms with van der Waals surface area (Å²) in [6.45, 7) is 3.00. The number of aryl methyl sites for hydroxylation is 1. The maximum atomic E-state index is 11.4. The van der Waals surface area contributed by atoms with Crippen LogP contribution in [0.25, 0.3) is 0 Å². The molecule has 3 N–H and O–H groups in total. The van der Waals surface area contributed by atoms with Crippen LogP contribution in [0.4, 0.5) is 0 Å². The van der Waals surface area contributed by atoms with Crippen LogP contribution < -0.4 is 10.5 Å². The molecule has 0 saturated heterocycles. The molecule has 0 radical (unpaired) electrons. The number of nitrogens with zero attached hydrogens (tertiary/aromatic N) is 2. The number of primary sulfonamides is 1. The minimum absolute atomic E-state index is 0.124. The molecule has 0 spiro atoms. The molecule has 0 bridgehead atoms. The lowest BCUT2D eigenvalue weighted by Gasteiger charge is -2.18. The summed E-state index contributed by atoms with van der Waals surface area (Å²) in [7, 11) is 0.170. The van der Waals surface area contributed by atoms with Crippen LogP contribution in [0.2, 0.25) is 0 Å². The summed E-state index contributed by atoms with van der Waals surface area (Å²) in [6.07, 6.45) is 0. The Morgan fingerprint density at radius 1 is 1.16 bits per heavy atom. The highest BCUT2D eigenvalue weighted by Crippen LogP contribution is 2.14. The van der Waals surface area contributed by atoms with Gasteiger partial charge < -0.3 is 10.2 Å². The topological polar surface area (TPSA) is 87.8 Å². The predicted molar refractivity (Wildman–Crippen MR) is 101 cm³/mol. The fraction of sp³-hybridized carbons (Fsp3) is 0.278. The lowest BCUT2D eigenvalue weighted by atomic mass is 10.1. The highest BCUT2D eigenvalue weighted by molar-refractivity contribution is 7.89. The van der Waals surface area contributed by atoms with Crippen LogP contribution in [0.3, 0.4) is 0 Å². The SMILES string of the molecule is Cc1cc(S(N)(=O)=O)ccc1CNC(=NCc1ccccc1)N(C)C. The summed E-state index contributed by atoms with van der Waals surface area (Å²) in [6, 6.07) is 14.9. The van der Waals surface area contributed by atoms with Crippen LogP contribution >= 0.6 is 0 Å². The van der Waals surface area contributed by atoms with Crippen LogP contribution in [0.15, 0.2) is 58.4 Å². The van der Waals surface area contributed by atoms with E-state index in [1.165, 1.54) is 6.07 Å². The Balaban J connectivity index is 2.09. The van der Waals surface area contributed by atoms with Crippen molar-refractivity contribution in [3.63, 3.8) is 0 Å². The fourth-order valence-corrected chi connectivity index (χ4v) is 2.92. The van der Waals surface area contributed by atoms with E-state index in [1.54, 1.807) is 12.1 Å². The van der Waals surface area contributed by atoms with Gasteiger partial charge in [-0.25, -0.2) is 18.5 Å². The van der Waals surface area contributed by atoms with E-state index in [0.29, 0.717) is 13.1 Å². The zero-order valence-electron chi connectivity index (χ0n) is 14.7. The molecular weight excluding hydrogens is 336 g/mol. The number of rotatable bonds is 5. The number of nitrogens with one attached hydrogen (secondary N) is 1. The van der Waals surface area contributed by atoms with Crippen molar-refractivity contribution >= 4 is 16.0 Å². The molecule has 0 aromatic heterocycles. The lowest BCUT2D eigenvalue weighted by molar-refractivity contribution is 0.578. The molecule has 0 saturated carbocycles. The second kappa shape index (κ2) is 8.13. The van der Waals surface area contributed by atoms with Crippen LogP contribution in [0.1, 0.15) is 16.7 Å². The van der Waals surface area contributed by atoms with Gasteiger partial charge in [-0.15, -0.1) is 0 Å². The Labute approximate surface area is 149 Å². The van der Waals surface area contributed by atoms with Gasteiger partial charge >= 0.3 is 0 Å². The standard InChI is InChI=1S/C18H24N4O2S/c1-14-11-17(25(19,23)24)10-9-16(14)13-21-18(22(2)3)20-12-15-7-5-4-6-8-15/h4-11H,12-13H2,1-3H3,(H,20,21)(H2,19,23,24). The molecule has 6 nitrogen and oxygen atoms in total. The Morgan fingerprint density at radius 2 is 1.84 bits per heavy atom. The second-order valence-corrected chi connectivity index (χ2v) is 7.57. The molecule has 0 aliphatic heterocycles. The van der Waals surface area contributed by atoms with Gasteiger partial charge in [-0.2, -0.15) is 0 Å². The molecule has 25 heavy (non-hydrogen) atoms. The van der Waals surface area contributed by atoms with Crippen molar-refractivity contribution in [2.24, 2.45) is 10.1 Å². The highest BCUT2D eigenvalue weighted by Gasteiger charge is 2.10. The maximum Gasteiger partial charge on any atom is 0.238 e. The zero-order valence-corrected chi connectivity index (χ0v) is 15.5. The summed E-state index contributed by atoms with van der Waals surface area (Å²) in [5, 5.41) is 8.46. The molecule has 0 fully saturated rings. The number of benzene rings is 2. The second-order valence-electron chi connectivity index (χ2n) is 6.01. The summed E-state index contributed by atoms with van der Waals surface area (Å²) in [5.41, 5.74) is 2.99. The van der Waals surface area contributed by atoms with E-state index in [4.69, 9.17) is 5.14 Å². The maximum absolute atomic E-state index is 11.4. The molecular formula is C18H24N4O2S. The van der Waals surface area contributed by atoms with E-state index in [9.17, 15) is 8.42 Å². The van der Waals surface area contributed by atoms with E-state index in [-0.39, 0.29) is 4.90 Å². The van der Waals surface area contributed by atoms with Crippen molar-refractivity contribution in [3.05, 3.63) is 65.2 Å². The number of hydrogen-bond donors (Lipinski definition) is 2. The third kappa shape index (κ3) is 5.58. The Morgan fingerprint density at radius 3 is 2.40 bits per heavy atom. The van der Waals surface area contributed by atoms with E-state index in [2.05, 4.69) is 10.3 Å². The summed E-state index contributed by atoms with van der Waals surface area (Å²) in [4.78, 5) is 6.65. The van der Waals surface area contributed by atoms with Gasteiger partial charge in [0.2, 0.25) is 10.0 Å². The van der Waals surface area contributed by atoms with Crippen molar-refractivity contribution in [2.45, 2.75) is 24.9 Å². The molecule has 0 unspecified atom stereocenters. The van der Waals surface area contributed by atoms with Gasteiger partial charge in [0.05, 0.1) is 11.4 Å². The largest absolute Gasteiger partial charge is 0.352 e. The third-order valence-corrected chi connectivity index (χ3v) is 4.67. The fourth-order valence-electron chi connectivity index (χ4n) is 2.32. The van der Waals surface area contributed by atoms with Gasteiger partial charge in [0.25, 0.3) is 0 Å². The third-order valence-electron chi connectivity index (χ3n) is 3.76. The van der Waals surface area contributed by atoms with Crippen LogP contribution in [-0.4, -0.2) is 33.4 Å². The van der Waals surface area contributed by atoms with E-state index in [1.807, 2.05) is 56.3 Å². The highest BCUT2D eigenvalue weighted by atomic mass is 32.2. The van der Waals surface area contributed by atoms with Crippen molar-refractivity contribution < 1.29 is 8.42 Å². The lowest BCUT2D eigenvalue weighted by Crippen LogP contribution is -2.36. The number of aliphatic imine (C=N–C) groups is 1. The van der Waals surface area contributed by atoms with Gasteiger partial charge in [-0.05, 0) is 35.7 Å². The smallest absolute Gasteiger partial charge is 0.238 e. The van der Waals surface area contributed by atoms with E-state index in [0.717, 1.165) is 22.6 Å². The number of hydrogen-bond acceptors (Lipinski definition) is 3. The molecule has 0 heterocycles. The normalized spacial score (nSPS) is 12.1. The van der Waals surface area contributed by atoms with Crippen LogP contribution in [0, 0.1) is 6.92 Å². The molecule has 0 aliphatic carbocycles. The molecule has 0 amide bonds. The zero-order chi connectivity index (χ0) is 18.4. The molecule has 0 aliphatic rings. The first-order valence-corrected chi connectivity index (χ1v) is 9.44. The quantitative estimate of drug-likeness (QED) is 0.629.